The van der Waals surface area contributed by atoms with Gasteiger partial charge in [-0.25, -0.2) is 9.97 Å². The second kappa shape index (κ2) is 8.62. The summed E-state index contributed by atoms with van der Waals surface area (Å²) >= 11 is 11.8. The number of methoxy groups -OCH3 is 1. The van der Waals surface area contributed by atoms with Crippen molar-refractivity contribution in [2.45, 2.75) is 6.42 Å². The Morgan fingerprint density at radius 1 is 1.25 bits per heavy atom. The van der Waals surface area contributed by atoms with Crippen molar-refractivity contribution in [2.24, 2.45) is 0 Å². The number of ether oxygens (including phenoxy) is 1. The fraction of sp³-hybridized carbons (Fsp3) is 0.286. The Balaban J connectivity index is 2.25. The Labute approximate surface area is 148 Å². The van der Waals surface area contributed by atoms with Crippen molar-refractivity contribution in [3.8, 4) is 0 Å². The fourth-order valence-corrected chi connectivity index (χ4v) is 2.20. The van der Waals surface area contributed by atoms with Gasteiger partial charge in [-0.05, 0) is 24.6 Å². The molecule has 128 valence electrons. The summed E-state index contributed by atoms with van der Waals surface area (Å²) in [6.45, 7) is 1.03. The van der Waals surface area contributed by atoms with Crippen molar-refractivity contribution < 1.29 is 9.66 Å². The minimum atomic E-state index is -0.543. The van der Waals surface area contributed by atoms with E-state index in [2.05, 4.69) is 20.6 Å². The summed E-state index contributed by atoms with van der Waals surface area (Å²) in [6.07, 6.45) is 1.93. The molecule has 2 aromatic rings. The van der Waals surface area contributed by atoms with Crippen molar-refractivity contribution in [1.29, 1.82) is 0 Å². The van der Waals surface area contributed by atoms with Crippen LogP contribution in [0.4, 0.5) is 23.0 Å². The Hall–Kier alpha value is -2.16. The lowest BCUT2D eigenvalue weighted by atomic mass is 10.3. The Morgan fingerprint density at radius 3 is 2.67 bits per heavy atom. The third kappa shape index (κ3) is 4.67. The molecule has 8 nitrogen and oxygen atoms in total. The van der Waals surface area contributed by atoms with Gasteiger partial charge < -0.3 is 15.4 Å². The summed E-state index contributed by atoms with van der Waals surface area (Å²) < 4.78 is 4.94. The van der Waals surface area contributed by atoms with Crippen LogP contribution in [-0.4, -0.2) is 35.2 Å². The van der Waals surface area contributed by atoms with Crippen LogP contribution in [0.15, 0.2) is 24.5 Å². The maximum absolute atomic E-state index is 11.4. The SMILES string of the molecule is COCCCNc1ncnc(Nc2ccc(Cl)c(Cl)c2)c1[N+](=O)[O-]. The zero-order chi connectivity index (χ0) is 17.5. The van der Waals surface area contributed by atoms with E-state index >= 15 is 0 Å². The number of nitrogens with zero attached hydrogens (tertiary/aromatic N) is 3. The predicted molar refractivity (Wildman–Crippen MR) is 93.4 cm³/mol. The number of anilines is 3. The molecule has 1 heterocycles. The van der Waals surface area contributed by atoms with Crippen LogP contribution in [-0.2, 0) is 4.74 Å². The minimum absolute atomic E-state index is 0.0580. The Morgan fingerprint density at radius 2 is 2.00 bits per heavy atom. The van der Waals surface area contributed by atoms with Crippen molar-refractivity contribution >= 4 is 46.2 Å². The number of nitro groups is 1. The number of hydrogen-bond acceptors (Lipinski definition) is 7. The van der Waals surface area contributed by atoms with Gasteiger partial charge in [-0.3, -0.25) is 10.1 Å². The number of halogens is 2. The highest BCUT2D eigenvalue weighted by Crippen LogP contribution is 2.32. The van der Waals surface area contributed by atoms with Crippen LogP contribution in [0.25, 0.3) is 0 Å². The van der Waals surface area contributed by atoms with Crippen LogP contribution in [0.2, 0.25) is 10.0 Å². The molecule has 0 saturated carbocycles. The van der Waals surface area contributed by atoms with Crippen LogP contribution >= 0.6 is 23.2 Å². The van der Waals surface area contributed by atoms with E-state index in [1.807, 2.05) is 0 Å². The molecule has 2 rings (SSSR count). The summed E-state index contributed by atoms with van der Waals surface area (Å²) in [7, 11) is 1.59. The highest BCUT2D eigenvalue weighted by Gasteiger charge is 2.23. The predicted octanol–water partition coefficient (Wildman–Crippen LogP) is 3.88. The molecule has 1 aromatic heterocycles. The van der Waals surface area contributed by atoms with Crippen LogP contribution in [0.3, 0.4) is 0 Å². The smallest absolute Gasteiger partial charge is 0.353 e. The molecule has 0 radical (unpaired) electrons. The van der Waals surface area contributed by atoms with Gasteiger partial charge >= 0.3 is 5.69 Å². The molecule has 1 aromatic carbocycles. The molecule has 0 unspecified atom stereocenters. The molecule has 2 N–H and O–H groups in total. The fourth-order valence-electron chi connectivity index (χ4n) is 1.91. The first-order valence-corrected chi connectivity index (χ1v) is 7.72. The molecule has 0 saturated heterocycles. The zero-order valence-corrected chi connectivity index (χ0v) is 14.3. The highest BCUT2D eigenvalue weighted by molar-refractivity contribution is 6.42. The van der Waals surface area contributed by atoms with Gasteiger partial charge in [0.1, 0.15) is 6.33 Å². The first-order chi connectivity index (χ1) is 11.5. The maximum Gasteiger partial charge on any atom is 0.353 e. The molecule has 0 bridgehead atoms. The second-order valence-electron chi connectivity index (χ2n) is 4.70. The van der Waals surface area contributed by atoms with Gasteiger partial charge in [-0.1, -0.05) is 23.2 Å². The average Bonchev–Trinajstić information content (AvgIpc) is 2.55. The zero-order valence-electron chi connectivity index (χ0n) is 12.8. The third-order valence-corrected chi connectivity index (χ3v) is 3.74. The van der Waals surface area contributed by atoms with E-state index < -0.39 is 4.92 Å². The quantitative estimate of drug-likeness (QED) is 0.412. The molecule has 0 aliphatic rings. The van der Waals surface area contributed by atoms with Crippen molar-refractivity contribution in [3.63, 3.8) is 0 Å². The van der Waals surface area contributed by atoms with Gasteiger partial charge in [-0.2, -0.15) is 0 Å². The molecule has 24 heavy (non-hydrogen) atoms. The monoisotopic (exact) mass is 371 g/mol. The van der Waals surface area contributed by atoms with Crippen molar-refractivity contribution in [1.82, 2.24) is 9.97 Å². The lowest BCUT2D eigenvalue weighted by molar-refractivity contribution is -0.383. The molecule has 0 aliphatic heterocycles. The Bertz CT molecular complexity index is 730. The van der Waals surface area contributed by atoms with E-state index in [1.165, 1.54) is 6.33 Å². The summed E-state index contributed by atoms with van der Waals surface area (Å²) in [4.78, 5) is 18.8. The van der Waals surface area contributed by atoms with E-state index in [0.717, 1.165) is 0 Å². The molecule has 0 spiro atoms. The van der Waals surface area contributed by atoms with E-state index in [4.69, 9.17) is 27.9 Å². The number of benzene rings is 1. The van der Waals surface area contributed by atoms with Gasteiger partial charge in [0, 0.05) is 25.9 Å². The lowest BCUT2D eigenvalue weighted by Crippen LogP contribution is -2.10. The third-order valence-electron chi connectivity index (χ3n) is 3.00. The van der Waals surface area contributed by atoms with Crippen molar-refractivity contribution in [2.75, 3.05) is 30.9 Å². The highest BCUT2D eigenvalue weighted by atomic mass is 35.5. The normalized spacial score (nSPS) is 10.5. The largest absolute Gasteiger partial charge is 0.385 e. The minimum Gasteiger partial charge on any atom is -0.385 e. The lowest BCUT2D eigenvalue weighted by Gasteiger charge is -2.10. The van der Waals surface area contributed by atoms with Gasteiger partial charge in [0.05, 0.1) is 15.0 Å². The summed E-state index contributed by atoms with van der Waals surface area (Å²) in [5.41, 5.74) is 0.275. The first kappa shape index (κ1) is 18.2. The van der Waals surface area contributed by atoms with Crippen LogP contribution in [0.1, 0.15) is 6.42 Å². The summed E-state index contributed by atoms with van der Waals surface area (Å²) in [5.74, 6) is 0.191. The van der Waals surface area contributed by atoms with E-state index in [0.29, 0.717) is 35.3 Å². The molecule has 0 amide bonds. The van der Waals surface area contributed by atoms with E-state index in [9.17, 15) is 10.1 Å². The van der Waals surface area contributed by atoms with E-state index in [-0.39, 0.29) is 17.3 Å². The van der Waals surface area contributed by atoms with Gasteiger partial charge in [0.25, 0.3) is 0 Å². The summed E-state index contributed by atoms with van der Waals surface area (Å²) in [5, 5.41) is 17.9. The molecular formula is C14H15Cl2N5O3. The van der Waals surface area contributed by atoms with Crippen LogP contribution < -0.4 is 10.6 Å². The molecule has 0 atom stereocenters. The first-order valence-electron chi connectivity index (χ1n) is 6.97. The molecule has 0 aliphatic carbocycles. The summed E-state index contributed by atoms with van der Waals surface area (Å²) in [6, 6.07) is 4.79. The molecule has 0 fully saturated rings. The average molecular weight is 372 g/mol. The van der Waals surface area contributed by atoms with E-state index in [1.54, 1.807) is 25.3 Å². The van der Waals surface area contributed by atoms with Crippen molar-refractivity contribution in [3.05, 3.63) is 44.7 Å². The van der Waals surface area contributed by atoms with Gasteiger partial charge in [-0.15, -0.1) is 0 Å². The maximum atomic E-state index is 11.4. The Kier molecular flexibility index (Phi) is 6.53. The second-order valence-corrected chi connectivity index (χ2v) is 5.52. The number of aromatic nitrogens is 2. The van der Waals surface area contributed by atoms with Crippen LogP contribution in [0, 0.1) is 10.1 Å². The van der Waals surface area contributed by atoms with Gasteiger partial charge in [0.15, 0.2) is 0 Å². The number of hydrogen-bond donors (Lipinski definition) is 2. The number of nitrogens with one attached hydrogen (secondary N) is 2. The van der Waals surface area contributed by atoms with Gasteiger partial charge in [0.2, 0.25) is 11.6 Å². The standard InChI is InChI=1S/C14H15Cl2N5O3/c1-24-6-2-5-17-13-12(21(22)23)14(19-8-18-13)20-9-3-4-10(15)11(16)7-9/h3-4,7-8H,2,5-6H2,1H3,(H2,17,18,19,20). The topological polar surface area (TPSA) is 102 Å². The van der Waals surface area contributed by atoms with Crippen LogP contribution in [0.5, 0.6) is 0 Å². The molecular weight excluding hydrogens is 357 g/mol. The molecule has 10 heteroatoms. The number of rotatable bonds is 8.